The molecule has 21 heavy (non-hydrogen) atoms. The van der Waals surface area contributed by atoms with Crippen LogP contribution in [-0.4, -0.2) is 55.5 Å². The molecule has 2 rings (SSSR count). The zero-order valence-electron chi connectivity index (χ0n) is 13.4. The molecule has 5 heteroatoms. The van der Waals surface area contributed by atoms with Gasteiger partial charge in [0, 0.05) is 11.0 Å². The molecule has 4 atom stereocenters. The van der Waals surface area contributed by atoms with E-state index in [2.05, 4.69) is 26.9 Å². The van der Waals surface area contributed by atoms with Crippen molar-refractivity contribution in [2.45, 2.75) is 56.6 Å². The van der Waals surface area contributed by atoms with E-state index in [-0.39, 0.29) is 24.9 Å². The maximum atomic E-state index is 9.61. The van der Waals surface area contributed by atoms with E-state index < -0.39 is 0 Å². The van der Waals surface area contributed by atoms with Crippen LogP contribution in [0.4, 0.5) is 0 Å². The van der Waals surface area contributed by atoms with Crippen molar-refractivity contribution < 1.29 is 14.6 Å². The van der Waals surface area contributed by atoms with Gasteiger partial charge >= 0.3 is 0 Å². The molecule has 0 aromatic heterocycles. The zero-order chi connectivity index (χ0) is 15.2. The molecular formula is C16H27BO3S. The van der Waals surface area contributed by atoms with Crippen molar-refractivity contribution in [3.8, 4) is 0 Å². The molecule has 0 saturated carbocycles. The lowest BCUT2D eigenvalue weighted by Gasteiger charge is -2.38. The zero-order valence-corrected chi connectivity index (χ0v) is 14.2. The lowest BCUT2D eigenvalue weighted by atomic mass is 9.91. The van der Waals surface area contributed by atoms with Crippen LogP contribution in [0.2, 0.25) is 6.32 Å². The second-order valence-corrected chi connectivity index (χ2v) is 7.10. The van der Waals surface area contributed by atoms with E-state index in [4.69, 9.17) is 9.47 Å². The lowest BCUT2D eigenvalue weighted by molar-refractivity contribution is 0.00620. The summed E-state index contributed by atoms with van der Waals surface area (Å²) in [5.74, 6) is 1.01. The van der Waals surface area contributed by atoms with Crippen LogP contribution in [0.5, 0.6) is 0 Å². The minimum atomic E-state index is 0.0668. The van der Waals surface area contributed by atoms with E-state index in [1.807, 2.05) is 18.7 Å². The van der Waals surface area contributed by atoms with Crippen LogP contribution in [0.25, 0.3) is 0 Å². The second kappa shape index (κ2) is 8.42. The highest BCUT2D eigenvalue weighted by molar-refractivity contribution is 8.00. The van der Waals surface area contributed by atoms with E-state index in [0.29, 0.717) is 5.25 Å². The normalized spacial score (nSPS) is 34.6. The maximum Gasteiger partial charge on any atom is 0.104 e. The summed E-state index contributed by atoms with van der Waals surface area (Å²) in [6, 6.07) is 0. The molecule has 0 aromatic carbocycles. The molecule has 0 aromatic rings. The van der Waals surface area contributed by atoms with Crippen LogP contribution in [0, 0.1) is 0 Å². The van der Waals surface area contributed by atoms with Gasteiger partial charge in [-0.25, -0.2) is 0 Å². The third kappa shape index (κ3) is 4.38. The Hall–Kier alpha value is -0.225. The molecule has 1 saturated heterocycles. The van der Waals surface area contributed by atoms with Gasteiger partial charge in [-0.3, -0.25) is 0 Å². The summed E-state index contributed by atoms with van der Waals surface area (Å²) in [6.45, 7) is 5.05. The molecule has 0 amide bonds. The van der Waals surface area contributed by atoms with Crippen molar-refractivity contribution in [3.63, 3.8) is 0 Å². The molecule has 2 aliphatic heterocycles. The first-order valence-corrected chi connectivity index (χ1v) is 9.05. The predicted molar refractivity (Wildman–Crippen MR) is 91.8 cm³/mol. The molecule has 0 spiro atoms. The summed E-state index contributed by atoms with van der Waals surface area (Å²) in [6.07, 6.45) is 7.71. The number of hydrogen-bond donors (Lipinski definition) is 1. The Balaban J connectivity index is 2.00. The second-order valence-electron chi connectivity index (χ2n) is 5.83. The standard InChI is InChI=1S/C16H27BO3S/c1-3-4-12-10-21-16(15(8-17)20-12)7-14-13(9-18)11(2)5-6-19-14/h3-4,12,14-16,18H,5-10,17H2,1-2H3/b4-3+/t12?,14?,15?,16-/m0/s1. The third-order valence-electron chi connectivity index (χ3n) is 4.40. The minimum Gasteiger partial charge on any atom is -0.392 e. The van der Waals surface area contributed by atoms with Gasteiger partial charge in [0.25, 0.3) is 0 Å². The predicted octanol–water partition coefficient (Wildman–Crippen LogP) is 1.97. The van der Waals surface area contributed by atoms with Crippen molar-refractivity contribution in [3.05, 3.63) is 23.3 Å². The Bertz CT molecular complexity index is 397. The quantitative estimate of drug-likeness (QED) is 0.622. The third-order valence-corrected chi connectivity index (χ3v) is 5.84. The van der Waals surface area contributed by atoms with Gasteiger partial charge in [-0.15, -0.1) is 0 Å². The van der Waals surface area contributed by atoms with Crippen LogP contribution >= 0.6 is 11.8 Å². The van der Waals surface area contributed by atoms with Crippen molar-refractivity contribution in [2.24, 2.45) is 0 Å². The summed E-state index contributed by atoms with van der Waals surface area (Å²) < 4.78 is 12.1. The molecule has 1 fully saturated rings. The fourth-order valence-corrected chi connectivity index (χ4v) is 4.53. The molecule has 0 bridgehead atoms. The van der Waals surface area contributed by atoms with Crippen LogP contribution in [-0.2, 0) is 9.47 Å². The number of ether oxygens (including phenoxy) is 2. The van der Waals surface area contributed by atoms with Crippen molar-refractivity contribution in [1.29, 1.82) is 0 Å². The van der Waals surface area contributed by atoms with Gasteiger partial charge in [0.1, 0.15) is 7.85 Å². The molecule has 1 N–H and O–H groups in total. The van der Waals surface area contributed by atoms with E-state index in [9.17, 15) is 5.11 Å². The fraction of sp³-hybridized carbons (Fsp3) is 0.750. The molecule has 0 radical (unpaired) electrons. The Kier molecular flexibility index (Phi) is 6.87. The Morgan fingerprint density at radius 3 is 2.95 bits per heavy atom. The van der Waals surface area contributed by atoms with Gasteiger partial charge in [0.05, 0.1) is 31.5 Å². The first-order valence-electron chi connectivity index (χ1n) is 8.00. The van der Waals surface area contributed by atoms with Crippen LogP contribution in [0.3, 0.4) is 0 Å². The summed E-state index contributed by atoms with van der Waals surface area (Å²) >= 11 is 1.99. The summed E-state index contributed by atoms with van der Waals surface area (Å²) in [5, 5.41) is 10.1. The summed E-state index contributed by atoms with van der Waals surface area (Å²) in [4.78, 5) is 0. The van der Waals surface area contributed by atoms with E-state index in [1.54, 1.807) is 0 Å². The Labute approximate surface area is 133 Å². The van der Waals surface area contributed by atoms with Gasteiger partial charge in [0.2, 0.25) is 0 Å². The number of thioether (sulfide) groups is 1. The van der Waals surface area contributed by atoms with Gasteiger partial charge in [-0.05, 0) is 32.3 Å². The molecule has 2 heterocycles. The number of rotatable bonds is 5. The van der Waals surface area contributed by atoms with Crippen molar-refractivity contribution in [2.75, 3.05) is 19.0 Å². The summed E-state index contributed by atoms with van der Waals surface area (Å²) in [5.41, 5.74) is 2.39. The molecule has 118 valence electrons. The first kappa shape index (κ1) is 17.1. The average Bonchev–Trinajstić information content (AvgIpc) is 2.49. The SMILES string of the molecule is BCC1OC(/C=C/C)CS[C@H]1CC1OCCC(C)=C1CO. The highest BCUT2D eigenvalue weighted by Crippen LogP contribution is 2.35. The molecule has 3 nitrogen and oxygen atoms in total. The van der Waals surface area contributed by atoms with Gasteiger partial charge in [-0.1, -0.05) is 24.0 Å². The molecule has 0 aliphatic carbocycles. The Morgan fingerprint density at radius 2 is 2.29 bits per heavy atom. The maximum absolute atomic E-state index is 9.61. The van der Waals surface area contributed by atoms with Gasteiger partial charge < -0.3 is 14.6 Å². The summed E-state index contributed by atoms with van der Waals surface area (Å²) in [7, 11) is 2.19. The number of hydrogen-bond acceptors (Lipinski definition) is 4. The Morgan fingerprint density at radius 1 is 1.48 bits per heavy atom. The average molecular weight is 310 g/mol. The fourth-order valence-electron chi connectivity index (χ4n) is 3.12. The smallest absolute Gasteiger partial charge is 0.104 e. The first-order chi connectivity index (χ1) is 10.2. The van der Waals surface area contributed by atoms with Crippen LogP contribution in [0.1, 0.15) is 26.7 Å². The van der Waals surface area contributed by atoms with E-state index >= 15 is 0 Å². The largest absolute Gasteiger partial charge is 0.392 e. The minimum absolute atomic E-state index is 0.0668. The van der Waals surface area contributed by atoms with E-state index in [1.165, 1.54) is 5.57 Å². The number of allylic oxidation sites excluding steroid dienone is 1. The van der Waals surface area contributed by atoms with E-state index in [0.717, 1.165) is 37.1 Å². The number of aliphatic hydroxyl groups is 1. The molecule has 2 aliphatic rings. The van der Waals surface area contributed by atoms with Gasteiger partial charge in [0.15, 0.2) is 0 Å². The highest BCUT2D eigenvalue weighted by Gasteiger charge is 2.33. The monoisotopic (exact) mass is 310 g/mol. The molecular weight excluding hydrogens is 283 g/mol. The van der Waals surface area contributed by atoms with Crippen molar-refractivity contribution in [1.82, 2.24) is 0 Å². The van der Waals surface area contributed by atoms with Crippen molar-refractivity contribution >= 4 is 19.6 Å². The van der Waals surface area contributed by atoms with Crippen LogP contribution < -0.4 is 0 Å². The molecule has 3 unspecified atom stereocenters. The van der Waals surface area contributed by atoms with Crippen LogP contribution in [0.15, 0.2) is 23.3 Å². The van der Waals surface area contributed by atoms with Gasteiger partial charge in [-0.2, -0.15) is 11.8 Å². The number of aliphatic hydroxyl groups excluding tert-OH is 1. The highest BCUT2D eigenvalue weighted by atomic mass is 32.2. The lowest BCUT2D eigenvalue weighted by Crippen LogP contribution is -2.40. The topological polar surface area (TPSA) is 38.7 Å².